The third-order valence-corrected chi connectivity index (χ3v) is 4.54. The molecule has 0 saturated carbocycles. The molecule has 0 heterocycles. The standard InChI is InChI=1S/C20H12ClNO2/c21-18-10-5-11-19(22(23)24)20(18)17-12-13-6-1-2-7-14(13)15-8-3-4-9-16(15)17/h1-12H. The minimum absolute atomic E-state index is 0.0166. The Morgan fingerprint density at radius 1 is 0.792 bits per heavy atom. The molecule has 0 amide bonds. The summed E-state index contributed by atoms with van der Waals surface area (Å²) in [5.74, 6) is 0. The summed E-state index contributed by atoms with van der Waals surface area (Å²) in [7, 11) is 0. The molecule has 0 unspecified atom stereocenters. The Morgan fingerprint density at radius 3 is 2.21 bits per heavy atom. The molecule has 0 saturated heterocycles. The van der Waals surface area contributed by atoms with Gasteiger partial charge in [0.25, 0.3) is 5.69 Å². The van der Waals surface area contributed by atoms with E-state index >= 15 is 0 Å². The fourth-order valence-corrected chi connectivity index (χ4v) is 3.46. The predicted molar refractivity (Wildman–Crippen MR) is 98.6 cm³/mol. The quantitative estimate of drug-likeness (QED) is 0.248. The van der Waals surface area contributed by atoms with Crippen molar-refractivity contribution >= 4 is 38.8 Å². The Labute approximate surface area is 143 Å². The first kappa shape index (κ1) is 14.7. The SMILES string of the molecule is O=[N+]([O-])c1cccc(Cl)c1-c1cc2ccccc2c2ccccc12. The molecule has 4 aromatic carbocycles. The van der Waals surface area contributed by atoms with E-state index in [2.05, 4.69) is 6.07 Å². The minimum Gasteiger partial charge on any atom is -0.258 e. The molecule has 4 heteroatoms. The average Bonchev–Trinajstić information content (AvgIpc) is 2.61. The highest BCUT2D eigenvalue weighted by atomic mass is 35.5. The van der Waals surface area contributed by atoms with Gasteiger partial charge in [-0.25, -0.2) is 0 Å². The minimum atomic E-state index is -0.384. The zero-order valence-corrected chi connectivity index (χ0v) is 13.3. The molecule has 0 N–H and O–H groups in total. The number of halogens is 1. The largest absolute Gasteiger partial charge is 0.278 e. The second kappa shape index (κ2) is 5.62. The highest BCUT2D eigenvalue weighted by Crippen LogP contribution is 2.42. The van der Waals surface area contributed by atoms with Crippen LogP contribution < -0.4 is 0 Å². The zero-order valence-electron chi connectivity index (χ0n) is 12.6. The van der Waals surface area contributed by atoms with Gasteiger partial charge in [0.05, 0.1) is 15.5 Å². The van der Waals surface area contributed by atoms with Crippen LogP contribution in [0, 0.1) is 10.1 Å². The lowest BCUT2D eigenvalue weighted by molar-refractivity contribution is -0.384. The van der Waals surface area contributed by atoms with E-state index in [1.165, 1.54) is 6.07 Å². The van der Waals surface area contributed by atoms with Crippen LogP contribution in [0.25, 0.3) is 32.7 Å². The normalized spacial score (nSPS) is 11.0. The topological polar surface area (TPSA) is 43.1 Å². The number of hydrogen-bond acceptors (Lipinski definition) is 2. The maximum Gasteiger partial charge on any atom is 0.278 e. The molecule has 0 bridgehead atoms. The first-order valence-electron chi connectivity index (χ1n) is 7.50. The summed E-state index contributed by atoms with van der Waals surface area (Å²) in [6.07, 6.45) is 0. The van der Waals surface area contributed by atoms with Gasteiger partial charge in [-0.15, -0.1) is 0 Å². The Hall–Kier alpha value is -2.91. The Kier molecular flexibility index (Phi) is 3.44. The molecule has 4 aromatic rings. The van der Waals surface area contributed by atoms with Crippen LogP contribution in [0.1, 0.15) is 0 Å². The van der Waals surface area contributed by atoms with Crippen molar-refractivity contribution in [2.24, 2.45) is 0 Å². The molecule has 0 aliphatic carbocycles. The monoisotopic (exact) mass is 333 g/mol. The highest BCUT2D eigenvalue weighted by Gasteiger charge is 2.20. The lowest BCUT2D eigenvalue weighted by Crippen LogP contribution is -1.94. The molecule has 24 heavy (non-hydrogen) atoms. The number of rotatable bonds is 2. The van der Waals surface area contributed by atoms with Gasteiger partial charge >= 0.3 is 0 Å². The van der Waals surface area contributed by atoms with Crippen molar-refractivity contribution in [1.82, 2.24) is 0 Å². The Balaban J connectivity index is 2.20. The molecule has 0 aromatic heterocycles. The van der Waals surface area contributed by atoms with Gasteiger partial charge in [0.2, 0.25) is 0 Å². The van der Waals surface area contributed by atoms with Crippen molar-refractivity contribution in [2.75, 3.05) is 0 Å². The average molecular weight is 334 g/mol. The number of fused-ring (bicyclic) bond motifs is 3. The van der Waals surface area contributed by atoms with Gasteiger partial charge in [0.1, 0.15) is 0 Å². The summed E-state index contributed by atoms with van der Waals surface area (Å²) < 4.78 is 0. The lowest BCUT2D eigenvalue weighted by atomic mass is 9.92. The zero-order chi connectivity index (χ0) is 16.7. The van der Waals surface area contributed by atoms with Crippen molar-refractivity contribution in [1.29, 1.82) is 0 Å². The van der Waals surface area contributed by atoms with Crippen LogP contribution in [0.3, 0.4) is 0 Å². The fraction of sp³-hybridized carbons (Fsp3) is 0. The summed E-state index contributed by atoms with van der Waals surface area (Å²) >= 11 is 6.36. The van der Waals surface area contributed by atoms with E-state index in [1.54, 1.807) is 12.1 Å². The number of hydrogen-bond donors (Lipinski definition) is 0. The maximum absolute atomic E-state index is 11.5. The number of nitrogens with zero attached hydrogens (tertiary/aromatic N) is 1. The Bertz CT molecular complexity index is 1110. The molecule has 3 nitrogen and oxygen atoms in total. The molecule has 0 fully saturated rings. The van der Waals surface area contributed by atoms with E-state index in [-0.39, 0.29) is 10.6 Å². The van der Waals surface area contributed by atoms with Crippen LogP contribution in [-0.4, -0.2) is 4.92 Å². The number of nitro groups is 1. The predicted octanol–water partition coefficient (Wildman–Crippen LogP) is 6.22. The summed E-state index contributed by atoms with van der Waals surface area (Å²) in [6, 6.07) is 22.7. The lowest BCUT2D eigenvalue weighted by Gasteiger charge is -2.12. The molecule has 0 aliphatic heterocycles. The molecule has 4 rings (SSSR count). The van der Waals surface area contributed by atoms with E-state index in [0.717, 1.165) is 27.1 Å². The second-order valence-corrected chi connectivity index (χ2v) is 5.99. The van der Waals surface area contributed by atoms with Crippen LogP contribution in [0.15, 0.2) is 72.8 Å². The van der Waals surface area contributed by atoms with Crippen LogP contribution in [0.4, 0.5) is 5.69 Å². The smallest absolute Gasteiger partial charge is 0.258 e. The van der Waals surface area contributed by atoms with Crippen molar-refractivity contribution < 1.29 is 4.92 Å². The Morgan fingerprint density at radius 2 is 1.46 bits per heavy atom. The van der Waals surface area contributed by atoms with Gasteiger partial charge in [-0.05, 0) is 39.2 Å². The van der Waals surface area contributed by atoms with Crippen LogP contribution >= 0.6 is 11.6 Å². The second-order valence-electron chi connectivity index (χ2n) is 5.58. The molecule has 116 valence electrons. The highest BCUT2D eigenvalue weighted by molar-refractivity contribution is 6.34. The van der Waals surface area contributed by atoms with Gasteiger partial charge in [-0.3, -0.25) is 10.1 Å². The van der Waals surface area contributed by atoms with Gasteiger partial charge in [0, 0.05) is 6.07 Å². The van der Waals surface area contributed by atoms with Crippen molar-refractivity contribution in [3.8, 4) is 11.1 Å². The summed E-state index contributed by atoms with van der Waals surface area (Å²) in [5, 5.41) is 16.0. The van der Waals surface area contributed by atoms with Gasteiger partial charge in [0.15, 0.2) is 0 Å². The van der Waals surface area contributed by atoms with E-state index < -0.39 is 0 Å². The molecular weight excluding hydrogens is 322 g/mol. The summed E-state index contributed by atoms with van der Waals surface area (Å²) in [6.45, 7) is 0. The van der Waals surface area contributed by atoms with Crippen LogP contribution in [-0.2, 0) is 0 Å². The summed E-state index contributed by atoms with van der Waals surface area (Å²) in [4.78, 5) is 11.1. The number of benzene rings is 4. The molecule has 0 aliphatic rings. The van der Waals surface area contributed by atoms with Gasteiger partial charge in [-0.1, -0.05) is 66.2 Å². The fourth-order valence-electron chi connectivity index (χ4n) is 3.19. The summed E-state index contributed by atoms with van der Waals surface area (Å²) in [5.41, 5.74) is 1.26. The first-order chi connectivity index (χ1) is 11.7. The molecular formula is C20H12ClNO2. The van der Waals surface area contributed by atoms with Crippen LogP contribution in [0.2, 0.25) is 5.02 Å². The van der Waals surface area contributed by atoms with Gasteiger partial charge < -0.3 is 0 Å². The molecule has 0 radical (unpaired) electrons. The van der Waals surface area contributed by atoms with E-state index in [0.29, 0.717) is 10.6 Å². The molecule has 0 atom stereocenters. The third-order valence-electron chi connectivity index (χ3n) is 4.23. The van der Waals surface area contributed by atoms with E-state index in [1.807, 2.05) is 48.5 Å². The maximum atomic E-state index is 11.5. The molecule has 0 spiro atoms. The van der Waals surface area contributed by atoms with Crippen LogP contribution in [0.5, 0.6) is 0 Å². The van der Waals surface area contributed by atoms with Crippen molar-refractivity contribution in [2.45, 2.75) is 0 Å². The van der Waals surface area contributed by atoms with Crippen molar-refractivity contribution in [3.05, 3.63) is 87.9 Å². The number of nitro benzene ring substituents is 1. The third kappa shape index (κ3) is 2.22. The van der Waals surface area contributed by atoms with E-state index in [9.17, 15) is 10.1 Å². The van der Waals surface area contributed by atoms with Gasteiger partial charge in [-0.2, -0.15) is 0 Å². The first-order valence-corrected chi connectivity index (χ1v) is 7.88. The van der Waals surface area contributed by atoms with E-state index in [4.69, 9.17) is 11.6 Å². The van der Waals surface area contributed by atoms with Crippen molar-refractivity contribution in [3.63, 3.8) is 0 Å².